The molecule has 0 bridgehead atoms. The molecule has 0 spiro atoms. The second-order valence-electron chi connectivity index (χ2n) is 6.15. The average Bonchev–Trinajstić information content (AvgIpc) is 2.73. The van der Waals surface area contributed by atoms with E-state index in [4.69, 9.17) is 0 Å². The summed E-state index contributed by atoms with van der Waals surface area (Å²) < 4.78 is 27.6. The van der Waals surface area contributed by atoms with Crippen molar-refractivity contribution in [2.45, 2.75) is 18.7 Å². The molecule has 10 nitrogen and oxygen atoms in total. The summed E-state index contributed by atoms with van der Waals surface area (Å²) in [6, 6.07) is 10.4. The van der Waals surface area contributed by atoms with Crippen LogP contribution < -0.4 is 10.0 Å². The fraction of sp³-hybridized carbons (Fsp3) is 0.263. The highest BCUT2D eigenvalue weighted by molar-refractivity contribution is 7.92. The van der Waals surface area contributed by atoms with Gasteiger partial charge < -0.3 is 10.2 Å². The molecule has 11 heteroatoms. The molecule has 2 aromatic carbocycles. The maximum Gasteiger partial charge on any atom is 0.270 e. The number of nitro groups is 1. The Kier molecular flexibility index (Phi) is 7.48. The summed E-state index contributed by atoms with van der Waals surface area (Å²) in [5.41, 5.74) is -0.380. The summed E-state index contributed by atoms with van der Waals surface area (Å²) in [7, 11) is -4.19. The van der Waals surface area contributed by atoms with Gasteiger partial charge in [-0.3, -0.25) is 24.4 Å². The predicted octanol–water partition coefficient (Wildman–Crippen LogP) is 1.99. The van der Waals surface area contributed by atoms with Gasteiger partial charge in [-0.25, -0.2) is 8.42 Å². The number of para-hydroxylation sites is 1. The first-order chi connectivity index (χ1) is 14.2. The molecule has 0 unspecified atom stereocenters. The number of nitrogens with one attached hydrogen (secondary N) is 2. The molecule has 2 rings (SSSR count). The zero-order valence-corrected chi connectivity index (χ0v) is 17.3. The molecular formula is C19H22N4O6S. The SMILES string of the molecule is CCN(CC)C(=O)CNC(=O)c1ccccc1NS(=O)(=O)c1cccc([N+](=O)[O-])c1. The number of hydrogen-bond acceptors (Lipinski definition) is 6. The van der Waals surface area contributed by atoms with Crippen LogP contribution in [-0.2, 0) is 14.8 Å². The highest BCUT2D eigenvalue weighted by Crippen LogP contribution is 2.22. The maximum absolute atomic E-state index is 12.7. The summed E-state index contributed by atoms with van der Waals surface area (Å²) in [5.74, 6) is -0.893. The summed E-state index contributed by atoms with van der Waals surface area (Å²) in [4.78, 5) is 36.0. The highest BCUT2D eigenvalue weighted by atomic mass is 32.2. The van der Waals surface area contributed by atoms with E-state index in [2.05, 4.69) is 10.0 Å². The van der Waals surface area contributed by atoms with E-state index < -0.39 is 20.9 Å². The van der Waals surface area contributed by atoms with E-state index in [1.165, 1.54) is 36.4 Å². The van der Waals surface area contributed by atoms with Crippen LogP contribution in [0.1, 0.15) is 24.2 Å². The van der Waals surface area contributed by atoms with Crippen LogP contribution in [0.15, 0.2) is 53.4 Å². The minimum absolute atomic E-state index is 0.0128. The van der Waals surface area contributed by atoms with Gasteiger partial charge in [-0.1, -0.05) is 18.2 Å². The standard InChI is InChI=1S/C19H22N4O6S/c1-3-22(4-2)18(24)13-20-19(25)16-10-5-6-11-17(16)21-30(28,29)15-9-7-8-14(12-15)23(26)27/h5-12,21H,3-4,13H2,1-2H3,(H,20,25). The van der Waals surface area contributed by atoms with Crippen molar-refractivity contribution in [3.63, 3.8) is 0 Å². The number of sulfonamides is 1. The fourth-order valence-corrected chi connectivity index (χ4v) is 3.80. The third kappa shape index (κ3) is 5.54. The lowest BCUT2D eigenvalue weighted by Gasteiger charge is -2.19. The topological polar surface area (TPSA) is 139 Å². The first-order valence-corrected chi connectivity index (χ1v) is 10.6. The zero-order chi connectivity index (χ0) is 22.3. The maximum atomic E-state index is 12.7. The highest BCUT2D eigenvalue weighted by Gasteiger charge is 2.21. The smallest absolute Gasteiger partial charge is 0.270 e. The number of anilines is 1. The number of benzene rings is 2. The van der Waals surface area contributed by atoms with Gasteiger partial charge in [0.25, 0.3) is 21.6 Å². The number of nitrogens with zero attached hydrogens (tertiary/aromatic N) is 2. The van der Waals surface area contributed by atoms with Crippen molar-refractivity contribution in [3.8, 4) is 0 Å². The first kappa shape index (κ1) is 22.8. The van der Waals surface area contributed by atoms with Gasteiger partial charge in [0.15, 0.2) is 0 Å². The minimum Gasteiger partial charge on any atom is -0.343 e. The van der Waals surface area contributed by atoms with Gasteiger partial charge in [-0.15, -0.1) is 0 Å². The number of nitro benzene ring substituents is 1. The Bertz CT molecular complexity index is 1050. The minimum atomic E-state index is -4.19. The zero-order valence-electron chi connectivity index (χ0n) is 16.5. The molecule has 0 saturated carbocycles. The van der Waals surface area contributed by atoms with Gasteiger partial charge in [0, 0.05) is 25.2 Å². The number of rotatable bonds is 9. The van der Waals surface area contributed by atoms with Crippen molar-refractivity contribution in [3.05, 3.63) is 64.2 Å². The largest absolute Gasteiger partial charge is 0.343 e. The van der Waals surface area contributed by atoms with E-state index in [1.807, 2.05) is 13.8 Å². The van der Waals surface area contributed by atoms with Crippen molar-refractivity contribution >= 4 is 33.2 Å². The van der Waals surface area contributed by atoms with Crippen molar-refractivity contribution in [2.75, 3.05) is 24.4 Å². The number of carbonyl (C=O) groups excluding carboxylic acids is 2. The van der Waals surface area contributed by atoms with Crippen LogP contribution in [0.5, 0.6) is 0 Å². The predicted molar refractivity (Wildman–Crippen MR) is 111 cm³/mol. The van der Waals surface area contributed by atoms with Crippen molar-refractivity contribution < 1.29 is 22.9 Å². The quantitative estimate of drug-likeness (QED) is 0.457. The molecule has 2 aromatic rings. The van der Waals surface area contributed by atoms with E-state index in [-0.39, 0.29) is 34.3 Å². The van der Waals surface area contributed by atoms with Gasteiger partial charge in [0.05, 0.1) is 27.6 Å². The second kappa shape index (κ2) is 9.83. The Labute approximate surface area is 174 Å². The van der Waals surface area contributed by atoms with Crippen molar-refractivity contribution in [1.29, 1.82) is 0 Å². The first-order valence-electron chi connectivity index (χ1n) is 9.11. The fourth-order valence-electron chi connectivity index (χ4n) is 2.68. The van der Waals surface area contributed by atoms with Gasteiger partial charge in [-0.2, -0.15) is 0 Å². The molecule has 30 heavy (non-hydrogen) atoms. The summed E-state index contributed by atoms with van der Waals surface area (Å²) >= 11 is 0. The van der Waals surface area contributed by atoms with Crippen LogP contribution >= 0.6 is 0 Å². The van der Waals surface area contributed by atoms with Gasteiger partial charge >= 0.3 is 0 Å². The number of likely N-dealkylation sites (N-methyl/N-ethyl adjacent to an activating group) is 1. The van der Waals surface area contributed by atoms with Crippen LogP contribution in [-0.4, -0.2) is 49.7 Å². The number of hydrogen-bond donors (Lipinski definition) is 2. The summed E-state index contributed by atoms with van der Waals surface area (Å²) in [6.07, 6.45) is 0. The second-order valence-corrected chi connectivity index (χ2v) is 7.84. The Hall–Kier alpha value is -3.47. The molecule has 0 aliphatic heterocycles. The summed E-state index contributed by atoms with van der Waals surface area (Å²) in [5, 5.41) is 13.4. The van der Waals surface area contributed by atoms with Gasteiger partial charge in [0.2, 0.25) is 5.91 Å². The van der Waals surface area contributed by atoms with E-state index >= 15 is 0 Å². The third-order valence-corrected chi connectivity index (χ3v) is 5.63. The van der Waals surface area contributed by atoms with E-state index in [0.29, 0.717) is 13.1 Å². The van der Waals surface area contributed by atoms with Crippen molar-refractivity contribution in [1.82, 2.24) is 10.2 Å². The van der Waals surface area contributed by atoms with E-state index in [0.717, 1.165) is 6.07 Å². The number of amides is 2. The van der Waals surface area contributed by atoms with Crippen LogP contribution in [0, 0.1) is 10.1 Å². The summed E-state index contributed by atoms with van der Waals surface area (Å²) in [6.45, 7) is 4.42. The molecule has 0 saturated heterocycles. The molecule has 0 radical (unpaired) electrons. The molecule has 0 aliphatic rings. The normalized spacial score (nSPS) is 10.9. The van der Waals surface area contributed by atoms with Crippen LogP contribution in [0.25, 0.3) is 0 Å². The Morgan fingerprint density at radius 3 is 2.37 bits per heavy atom. The monoisotopic (exact) mass is 434 g/mol. The molecule has 0 aliphatic carbocycles. The lowest BCUT2D eigenvalue weighted by atomic mass is 10.1. The molecule has 2 N–H and O–H groups in total. The molecule has 0 heterocycles. The molecule has 160 valence electrons. The van der Waals surface area contributed by atoms with E-state index in [9.17, 15) is 28.1 Å². The van der Waals surface area contributed by atoms with Crippen LogP contribution in [0.2, 0.25) is 0 Å². The molecular weight excluding hydrogens is 412 g/mol. The Morgan fingerprint density at radius 1 is 1.07 bits per heavy atom. The van der Waals surface area contributed by atoms with Crippen LogP contribution in [0.3, 0.4) is 0 Å². The molecule has 0 atom stereocenters. The molecule has 0 fully saturated rings. The number of carbonyl (C=O) groups is 2. The Morgan fingerprint density at radius 2 is 1.73 bits per heavy atom. The molecule has 0 aromatic heterocycles. The average molecular weight is 434 g/mol. The lowest BCUT2D eigenvalue weighted by Crippen LogP contribution is -2.40. The van der Waals surface area contributed by atoms with Crippen LogP contribution in [0.4, 0.5) is 11.4 Å². The van der Waals surface area contributed by atoms with Gasteiger partial charge in [-0.05, 0) is 32.0 Å². The van der Waals surface area contributed by atoms with Gasteiger partial charge in [0.1, 0.15) is 0 Å². The number of non-ortho nitro benzene ring substituents is 1. The lowest BCUT2D eigenvalue weighted by molar-refractivity contribution is -0.385. The Balaban J connectivity index is 2.22. The van der Waals surface area contributed by atoms with Crippen molar-refractivity contribution in [2.24, 2.45) is 0 Å². The third-order valence-electron chi connectivity index (χ3n) is 4.27. The van der Waals surface area contributed by atoms with E-state index in [1.54, 1.807) is 11.0 Å². The molecule has 2 amide bonds.